The summed E-state index contributed by atoms with van der Waals surface area (Å²) in [5.41, 5.74) is 3.46. The maximum Gasteiger partial charge on any atom is 0.343 e. The largest absolute Gasteiger partial charge is 0.462 e. The van der Waals surface area contributed by atoms with Gasteiger partial charge in [0.05, 0.1) is 24.4 Å². The molecule has 0 saturated carbocycles. The molecule has 34 heavy (non-hydrogen) atoms. The van der Waals surface area contributed by atoms with Crippen LogP contribution in [0.4, 0.5) is 0 Å². The Morgan fingerprint density at radius 3 is 2.41 bits per heavy atom. The number of likely N-dealkylation sites (tertiary alicyclic amines) is 1. The fourth-order valence-electron chi connectivity index (χ4n) is 4.39. The molecule has 2 aromatic heterocycles. The minimum atomic E-state index is -0.644. The Kier molecular flexibility index (Phi) is 6.59. The lowest BCUT2D eigenvalue weighted by molar-refractivity contribution is 0.0523. The van der Waals surface area contributed by atoms with E-state index in [9.17, 15) is 14.4 Å². The minimum absolute atomic E-state index is 0.0105. The van der Waals surface area contributed by atoms with Crippen LogP contribution in [-0.4, -0.2) is 50.8 Å². The maximum absolute atomic E-state index is 13.4. The Morgan fingerprint density at radius 2 is 1.85 bits per heavy atom. The van der Waals surface area contributed by atoms with Crippen molar-refractivity contribution in [1.82, 2.24) is 19.2 Å². The molecular weight excluding hydrogens is 432 g/mol. The van der Waals surface area contributed by atoms with Gasteiger partial charge < -0.3 is 14.2 Å². The predicted octanol–water partition coefficient (Wildman–Crippen LogP) is 3.54. The second-order valence-electron chi connectivity index (χ2n) is 9.40. The average Bonchev–Trinajstić information content (AvgIpc) is 3.04. The second-order valence-corrected chi connectivity index (χ2v) is 9.40. The van der Waals surface area contributed by atoms with E-state index in [4.69, 9.17) is 4.74 Å². The molecule has 1 aromatic carbocycles. The Balaban J connectivity index is 1.96. The first-order chi connectivity index (χ1) is 16.2. The molecule has 0 unspecified atom stereocenters. The van der Waals surface area contributed by atoms with Crippen molar-refractivity contribution in [2.24, 2.45) is 5.92 Å². The highest BCUT2D eigenvalue weighted by atomic mass is 16.5. The number of fused-ring (bicyclic) bond motifs is 1. The van der Waals surface area contributed by atoms with Gasteiger partial charge in [-0.15, -0.1) is 0 Å². The summed E-state index contributed by atoms with van der Waals surface area (Å²) >= 11 is 0. The zero-order valence-corrected chi connectivity index (χ0v) is 20.6. The summed E-state index contributed by atoms with van der Waals surface area (Å²) in [5, 5.41) is 4.93. The van der Waals surface area contributed by atoms with Gasteiger partial charge in [-0.3, -0.25) is 14.3 Å². The number of hydrogen-bond donors (Lipinski definition) is 0. The maximum atomic E-state index is 13.4. The Bertz CT molecular complexity index is 1310. The van der Waals surface area contributed by atoms with Crippen LogP contribution < -0.4 is 5.43 Å². The van der Waals surface area contributed by atoms with Gasteiger partial charge in [0.1, 0.15) is 5.56 Å². The van der Waals surface area contributed by atoms with Crippen molar-refractivity contribution in [1.29, 1.82) is 0 Å². The molecule has 1 aliphatic rings. The zero-order chi connectivity index (χ0) is 24.6. The Labute approximate surface area is 199 Å². The molecule has 0 bridgehead atoms. The number of amides is 1. The fraction of sp³-hybridized carbons (Fsp3) is 0.462. The number of ether oxygens (including phenoxy) is 1. The van der Waals surface area contributed by atoms with Crippen molar-refractivity contribution in [3.63, 3.8) is 0 Å². The molecule has 0 radical (unpaired) electrons. The lowest BCUT2D eigenvalue weighted by Crippen LogP contribution is -2.42. The van der Waals surface area contributed by atoms with Gasteiger partial charge in [-0.1, -0.05) is 13.8 Å². The van der Waals surface area contributed by atoms with Gasteiger partial charge in [0, 0.05) is 42.5 Å². The molecule has 4 rings (SSSR count). The van der Waals surface area contributed by atoms with Crippen molar-refractivity contribution in [2.45, 2.75) is 54.1 Å². The summed E-state index contributed by atoms with van der Waals surface area (Å²) in [5.74, 6) is -0.460. The van der Waals surface area contributed by atoms with Gasteiger partial charge in [0.15, 0.2) is 0 Å². The van der Waals surface area contributed by atoms with E-state index in [0.717, 1.165) is 23.4 Å². The molecule has 3 heterocycles. The smallest absolute Gasteiger partial charge is 0.343 e. The van der Waals surface area contributed by atoms with Gasteiger partial charge in [-0.25, -0.2) is 4.79 Å². The first-order valence-corrected chi connectivity index (χ1v) is 11.9. The van der Waals surface area contributed by atoms with Crippen LogP contribution in [0.15, 0.2) is 29.2 Å². The van der Waals surface area contributed by atoms with Crippen LogP contribution in [0.1, 0.15) is 64.9 Å². The second kappa shape index (κ2) is 9.44. The Hall–Kier alpha value is -3.42. The van der Waals surface area contributed by atoms with Crippen LogP contribution in [-0.2, 0) is 17.8 Å². The van der Waals surface area contributed by atoms with Gasteiger partial charge in [0.25, 0.3) is 5.91 Å². The topological polar surface area (TPSA) is 86.4 Å². The third-order valence-corrected chi connectivity index (χ3v) is 6.16. The number of rotatable bonds is 7. The van der Waals surface area contributed by atoms with Crippen LogP contribution in [0.25, 0.3) is 10.9 Å². The molecule has 8 heteroatoms. The fourth-order valence-corrected chi connectivity index (χ4v) is 4.39. The molecule has 0 atom stereocenters. The first kappa shape index (κ1) is 23.7. The van der Waals surface area contributed by atoms with Crippen molar-refractivity contribution in [3.05, 3.63) is 62.7 Å². The van der Waals surface area contributed by atoms with Gasteiger partial charge in [-0.2, -0.15) is 5.10 Å². The summed E-state index contributed by atoms with van der Waals surface area (Å²) in [4.78, 5) is 41.1. The van der Waals surface area contributed by atoms with Crippen LogP contribution in [0.2, 0.25) is 0 Å². The SMILES string of the molecule is CCOC(=O)c1cn(CC(C)C)c2cc(Cn3nc(C)cc3C)c(C(=O)N3CCC3)cc2c1=O. The van der Waals surface area contributed by atoms with Gasteiger partial charge in [0.2, 0.25) is 5.43 Å². The van der Waals surface area contributed by atoms with Crippen LogP contribution in [0.3, 0.4) is 0 Å². The molecule has 180 valence electrons. The van der Waals surface area contributed by atoms with E-state index >= 15 is 0 Å². The van der Waals surface area contributed by atoms with Crippen LogP contribution in [0, 0.1) is 19.8 Å². The third-order valence-electron chi connectivity index (χ3n) is 6.16. The van der Waals surface area contributed by atoms with E-state index < -0.39 is 11.4 Å². The van der Waals surface area contributed by atoms with Crippen LogP contribution in [0.5, 0.6) is 0 Å². The van der Waals surface area contributed by atoms with Crippen molar-refractivity contribution >= 4 is 22.8 Å². The van der Waals surface area contributed by atoms with Gasteiger partial charge >= 0.3 is 5.97 Å². The molecule has 0 aliphatic carbocycles. The zero-order valence-electron chi connectivity index (χ0n) is 20.6. The molecule has 8 nitrogen and oxygen atoms in total. The number of pyridine rings is 1. The molecule has 0 N–H and O–H groups in total. The summed E-state index contributed by atoms with van der Waals surface area (Å²) < 4.78 is 8.94. The number of aromatic nitrogens is 3. The van der Waals surface area contributed by atoms with E-state index in [0.29, 0.717) is 42.6 Å². The molecule has 1 aliphatic heterocycles. The van der Waals surface area contributed by atoms with Crippen LogP contribution >= 0.6 is 0 Å². The number of aryl methyl sites for hydroxylation is 2. The highest BCUT2D eigenvalue weighted by molar-refractivity contribution is 6.01. The molecule has 0 spiro atoms. The van der Waals surface area contributed by atoms with Crippen molar-refractivity contribution < 1.29 is 14.3 Å². The predicted molar refractivity (Wildman–Crippen MR) is 130 cm³/mol. The first-order valence-electron chi connectivity index (χ1n) is 11.9. The molecule has 1 fully saturated rings. The summed E-state index contributed by atoms with van der Waals surface area (Å²) in [7, 11) is 0. The summed E-state index contributed by atoms with van der Waals surface area (Å²) in [6.07, 6.45) is 2.56. The van der Waals surface area contributed by atoms with E-state index in [-0.39, 0.29) is 24.0 Å². The molecule has 1 amide bonds. The van der Waals surface area contributed by atoms with E-state index in [2.05, 4.69) is 18.9 Å². The minimum Gasteiger partial charge on any atom is -0.462 e. The monoisotopic (exact) mass is 464 g/mol. The van der Waals surface area contributed by atoms with E-state index in [1.807, 2.05) is 35.2 Å². The lowest BCUT2D eigenvalue weighted by Gasteiger charge is -2.31. The number of hydrogen-bond acceptors (Lipinski definition) is 5. The number of esters is 1. The highest BCUT2D eigenvalue weighted by Gasteiger charge is 2.26. The van der Waals surface area contributed by atoms with Gasteiger partial charge in [-0.05, 0) is 56.9 Å². The number of benzene rings is 1. The Morgan fingerprint density at radius 1 is 1.12 bits per heavy atom. The highest BCUT2D eigenvalue weighted by Crippen LogP contribution is 2.24. The average molecular weight is 465 g/mol. The van der Waals surface area contributed by atoms with E-state index in [1.165, 1.54) is 0 Å². The normalized spacial score (nSPS) is 13.4. The molecule has 3 aromatic rings. The number of nitrogens with zero attached hydrogens (tertiary/aromatic N) is 4. The summed E-state index contributed by atoms with van der Waals surface area (Å²) in [6.45, 7) is 12.4. The summed E-state index contributed by atoms with van der Waals surface area (Å²) in [6, 6.07) is 5.58. The lowest BCUT2D eigenvalue weighted by atomic mass is 9.99. The molecular formula is C26H32N4O4. The number of carbonyl (C=O) groups excluding carboxylic acids is 2. The van der Waals surface area contributed by atoms with E-state index in [1.54, 1.807) is 24.1 Å². The third kappa shape index (κ3) is 4.49. The molecule has 1 saturated heterocycles. The number of carbonyl (C=O) groups is 2. The van der Waals surface area contributed by atoms with Crippen molar-refractivity contribution in [3.8, 4) is 0 Å². The standard InChI is InChI=1S/C26H32N4O4/c1-6-34-26(33)22-15-29(13-16(2)3)23-11-19(14-30-18(5)10-17(4)27-30)20(12-21(23)24(22)31)25(32)28-8-7-9-28/h10-12,15-16H,6-9,13-14H2,1-5H3. The quantitative estimate of drug-likeness (QED) is 0.499. The van der Waals surface area contributed by atoms with Crippen molar-refractivity contribution in [2.75, 3.05) is 19.7 Å².